The number of aromatic nitrogens is 2. The third-order valence-electron chi connectivity index (χ3n) is 4.44. The number of hydrogen-bond acceptors (Lipinski definition) is 3. The minimum Gasteiger partial charge on any atom is -0.487 e. The van der Waals surface area contributed by atoms with Crippen LogP contribution in [0.3, 0.4) is 0 Å². The van der Waals surface area contributed by atoms with Crippen LogP contribution in [-0.2, 0) is 11.4 Å². The van der Waals surface area contributed by atoms with Crippen molar-refractivity contribution < 1.29 is 9.53 Å². The lowest BCUT2D eigenvalue weighted by atomic mass is 10.1. The average molecular weight is 383 g/mol. The highest BCUT2D eigenvalue weighted by Crippen LogP contribution is 2.28. The topological polar surface area (TPSA) is 56.1 Å². The molecule has 29 heavy (non-hydrogen) atoms. The SMILES string of the molecule is CC(=O)Nc1ccccc1OCc1cn(-c2ccccc2)nc1-c1ccccc1. The van der Waals surface area contributed by atoms with Crippen molar-refractivity contribution in [2.45, 2.75) is 13.5 Å². The van der Waals surface area contributed by atoms with Gasteiger partial charge in [-0.05, 0) is 24.3 Å². The van der Waals surface area contributed by atoms with Crippen molar-refractivity contribution in [3.63, 3.8) is 0 Å². The number of rotatable bonds is 6. The van der Waals surface area contributed by atoms with Crippen LogP contribution < -0.4 is 10.1 Å². The van der Waals surface area contributed by atoms with Gasteiger partial charge in [0, 0.05) is 24.2 Å². The summed E-state index contributed by atoms with van der Waals surface area (Å²) >= 11 is 0. The molecule has 4 rings (SSSR count). The van der Waals surface area contributed by atoms with Crippen molar-refractivity contribution >= 4 is 11.6 Å². The van der Waals surface area contributed by atoms with E-state index in [1.807, 2.05) is 95.8 Å². The number of para-hydroxylation sites is 3. The number of nitrogens with one attached hydrogen (secondary N) is 1. The van der Waals surface area contributed by atoms with Crippen LogP contribution in [0.5, 0.6) is 5.75 Å². The molecule has 5 heteroatoms. The third-order valence-corrected chi connectivity index (χ3v) is 4.44. The Kier molecular flexibility index (Phi) is 5.38. The number of benzene rings is 3. The molecule has 5 nitrogen and oxygen atoms in total. The molecule has 0 atom stereocenters. The highest BCUT2D eigenvalue weighted by atomic mass is 16.5. The fourth-order valence-electron chi connectivity index (χ4n) is 3.11. The van der Waals surface area contributed by atoms with E-state index in [2.05, 4.69) is 5.32 Å². The lowest BCUT2D eigenvalue weighted by Crippen LogP contribution is -2.07. The summed E-state index contributed by atoms with van der Waals surface area (Å²) in [5.74, 6) is 0.483. The second kappa shape index (κ2) is 8.44. The lowest BCUT2D eigenvalue weighted by Gasteiger charge is -2.11. The summed E-state index contributed by atoms with van der Waals surface area (Å²) in [6.07, 6.45) is 1.98. The molecule has 0 aliphatic rings. The van der Waals surface area contributed by atoms with Gasteiger partial charge in [-0.3, -0.25) is 4.79 Å². The number of ether oxygens (including phenoxy) is 1. The molecule has 144 valence electrons. The highest BCUT2D eigenvalue weighted by molar-refractivity contribution is 5.90. The van der Waals surface area contributed by atoms with Gasteiger partial charge in [-0.15, -0.1) is 0 Å². The Morgan fingerprint density at radius 1 is 0.931 bits per heavy atom. The molecule has 0 bridgehead atoms. The van der Waals surface area contributed by atoms with Crippen LogP contribution in [0, 0.1) is 0 Å². The van der Waals surface area contributed by atoms with Gasteiger partial charge < -0.3 is 10.1 Å². The molecule has 1 aromatic heterocycles. The first-order valence-electron chi connectivity index (χ1n) is 9.39. The van der Waals surface area contributed by atoms with Crippen LogP contribution in [0.15, 0.2) is 91.1 Å². The first-order chi connectivity index (χ1) is 14.2. The highest BCUT2D eigenvalue weighted by Gasteiger charge is 2.14. The Morgan fingerprint density at radius 2 is 1.59 bits per heavy atom. The van der Waals surface area contributed by atoms with E-state index in [0.29, 0.717) is 18.0 Å². The zero-order chi connectivity index (χ0) is 20.1. The van der Waals surface area contributed by atoms with E-state index >= 15 is 0 Å². The van der Waals surface area contributed by atoms with Crippen LogP contribution >= 0.6 is 0 Å². The number of carbonyl (C=O) groups is 1. The minimum absolute atomic E-state index is 0.136. The van der Waals surface area contributed by atoms with Crippen molar-refractivity contribution in [2.75, 3.05) is 5.32 Å². The van der Waals surface area contributed by atoms with Gasteiger partial charge in [-0.1, -0.05) is 60.7 Å². The van der Waals surface area contributed by atoms with Gasteiger partial charge in [0.25, 0.3) is 0 Å². The first kappa shape index (κ1) is 18.5. The smallest absolute Gasteiger partial charge is 0.221 e. The molecule has 0 aliphatic carbocycles. The molecule has 1 N–H and O–H groups in total. The second-order valence-corrected chi connectivity index (χ2v) is 6.62. The van der Waals surface area contributed by atoms with Crippen LogP contribution in [0.4, 0.5) is 5.69 Å². The Balaban J connectivity index is 1.66. The summed E-state index contributed by atoms with van der Waals surface area (Å²) in [6.45, 7) is 1.81. The average Bonchev–Trinajstić information content (AvgIpc) is 3.18. The molecule has 1 amide bonds. The van der Waals surface area contributed by atoms with E-state index < -0.39 is 0 Å². The maximum atomic E-state index is 11.5. The fourth-order valence-corrected chi connectivity index (χ4v) is 3.11. The van der Waals surface area contributed by atoms with Crippen molar-refractivity contribution in [2.24, 2.45) is 0 Å². The zero-order valence-electron chi connectivity index (χ0n) is 16.1. The molecular weight excluding hydrogens is 362 g/mol. The number of nitrogens with zero attached hydrogens (tertiary/aromatic N) is 2. The van der Waals surface area contributed by atoms with Gasteiger partial charge in [0.1, 0.15) is 12.4 Å². The van der Waals surface area contributed by atoms with Gasteiger partial charge in [0.15, 0.2) is 0 Å². The maximum Gasteiger partial charge on any atom is 0.221 e. The van der Waals surface area contributed by atoms with Crippen LogP contribution in [0.2, 0.25) is 0 Å². The summed E-state index contributed by atoms with van der Waals surface area (Å²) in [6, 6.07) is 27.4. The zero-order valence-corrected chi connectivity index (χ0v) is 16.1. The Hall–Kier alpha value is -3.86. The molecule has 1 heterocycles. The fraction of sp³-hybridized carbons (Fsp3) is 0.0833. The van der Waals surface area contributed by atoms with Gasteiger partial charge in [0.05, 0.1) is 17.1 Å². The lowest BCUT2D eigenvalue weighted by molar-refractivity contribution is -0.114. The van der Waals surface area contributed by atoms with Crippen LogP contribution in [0.25, 0.3) is 16.9 Å². The van der Waals surface area contributed by atoms with E-state index in [-0.39, 0.29) is 5.91 Å². The second-order valence-electron chi connectivity index (χ2n) is 6.62. The summed E-state index contributed by atoms with van der Waals surface area (Å²) < 4.78 is 7.93. The number of amides is 1. The predicted octanol–water partition coefficient (Wildman–Crippen LogP) is 5.08. The van der Waals surface area contributed by atoms with E-state index in [1.54, 1.807) is 0 Å². The Morgan fingerprint density at radius 3 is 2.31 bits per heavy atom. The van der Waals surface area contributed by atoms with Crippen LogP contribution in [-0.4, -0.2) is 15.7 Å². The minimum atomic E-state index is -0.136. The van der Waals surface area contributed by atoms with E-state index in [0.717, 1.165) is 22.5 Å². The summed E-state index contributed by atoms with van der Waals surface area (Å²) in [7, 11) is 0. The van der Waals surface area contributed by atoms with E-state index in [9.17, 15) is 4.79 Å². The largest absolute Gasteiger partial charge is 0.487 e. The van der Waals surface area contributed by atoms with Gasteiger partial charge >= 0.3 is 0 Å². The molecule has 0 radical (unpaired) electrons. The number of anilines is 1. The molecule has 3 aromatic carbocycles. The molecule has 0 saturated heterocycles. The summed E-state index contributed by atoms with van der Waals surface area (Å²) in [4.78, 5) is 11.5. The predicted molar refractivity (Wildman–Crippen MR) is 114 cm³/mol. The molecule has 0 aliphatic heterocycles. The quantitative estimate of drug-likeness (QED) is 0.505. The standard InChI is InChI=1S/C24H21N3O2/c1-18(28)25-22-14-8-9-15-23(22)29-17-20-16-27(21-12-6-3-7-13-21)26-24(20)19-10-4-2-5-11-19/h2-16H,17H2,1H3,(H,25,28). The van der Waals surface area contributed by atoms with Gasteiger partial charge in [0.2, 0.25) is 5.91 Å². The Labute approximate surface area is 169 Å². The summed E-state index contributed by atoms with van der Waals surface area (Å²) in [5, 5.41) is 7.60. The molecule has 0 spiro atoms. The molecule has 0 fully saturated rings. The van der Waals surface area contributed by atoms with E-state index in [4.69, 9.17) is 9.84 Å². The molecule has 4 aromatic rings. The van der Waals surface area contributed by atoms with Crippen molar-refractivity contribution in [3.05, 3.63) is 96.7 Å². The summed E-state index contributed by atoms with van der Waals surface area (Å²) in [5.41, 5.74) is 4.48. The van der Waals surface area contributed by atoms with Gasteiger partial charge in [-0.2, -0.15) is 5.10 Å². The molecule has 0 saturated carbocycles. The van der Waals surface area contributed by atoms with Crippen molar-refractivity contribution in [3.8, 4) is 22.7 Å². The molecule has 0 unspecified atom stereocenters. The normalized spacial score (nSPS) is 10.5. The van der Waals surface area contributed by atoms with E-state index in [1.165, 1.54) is 6.92 Å². The number of carbonyl (C=O) groups excluding carboxylic acids is 1. The number of hydrogen-bond donors (Lipinski definition) is 1. The molecular formula is C24H21N3O2. The van der Waals surface area contributed by atoms with Crippen molar-refractivity contribution in [1.29, 1.82) is 0 Å². The Bertz CT molecular complexity index is 1110. The van der Waals surface area contributed by atoms with Crippen molar-refractivity contribution in [1.82, 2.24) is 9.78 Å². The third kappa shape index (κ3) is 4.35. The first-order valence-corrected chi connectivity index (χ1v) is 9.39. The van der Waals surface area contributed by atoms with Gasteiger partial charge in [-0.25, -0.2) is 4.68 Å². The maximum absolute atomic E-state index is 11.5. The van der Waals surface area contributed by atoms with Crippen LogP contribution in [0.1, 0.15) is 12.5 Å². The monoisotopic (exact) mass is 383 g/mol.